The molecule has 0 N–H and O–H groups in total. The van der Waals surface area contributed by atoms with E-state index in [2.05, 4.69) is 71.0 Å². The van der Waals surface area contributed by atoms with Gasteiger partial charge in [-0.05, 0) is 28.5 Å². The van der Waals surface area contributed by atoms with Gasteiger partial charge in [0.1, 0.15) is 0 Å². The van der Waals surface area contributed by atoms with Crippen molar-refractivity contribution in [3.63, 3.8) is 0 Å². The normalized spacial score (nSPS) is 12.7. The fourth-order valence-corrected chi connectivity index (χ4v) is 4.32. The third kappa shape index (κ3) is 2.05. The average Bonchev–Trinajstić information content (AvgIpc) is 2.75. The van der Waals surface area contributed by atoms with E-state index in [9.17, 15) is 0 Å². The van der Waals surface area contributed by atoms with Crippen molar-refractivity contribution in [1.29, 1.82) is 0 Å². The topological polar surface area (TPSA) is 0 Å². The Labute approximate surface area is 125 Å². The second-order valence-electron chi connectivity index (χ2n) is 6.91. The standard InChI is InChI=1S/C19H22S/c1-12(2)13-10-11-15(19(3,4)5)17-14-8-6-7-9-16(14)20-18(13)17/h6-12H,1-5H3. The second-order valence-corrected chi connectivity index (χ2v) is 7.96. The van der Waals surface area contributed by atoms with Gasteiger partial charge in [0.25, 0.3) is 0 Å². The molecule has 0 fully saturated rings. The highest BCUT2D eigenvalue weighted by Gasteiger charge is 2.21. The van der Waals surface area contributed by atoms with Crippen LogP contribution in [0.2, 0.25) is 0 Å². The van der Waals surface area contributed by atoms with Gasteiger partial charge in [-0.25, -0.2) is 0 Å². The van der Waals surface area contributed by atoms with E-state index < -0.39 is 0 Å². The molecule has 0 nitrogen and oxygen atoms in total. The molecule has 3 rings (SSSR count). The van der Waals surface area contributed by atoms with E-state index in [1.165, 1.54) is 31.3 Å². The van der Waals surface area contributed by atoms with E-state index in [-0.39, 0.29) is 5.41 Å². The summed E-state index contributed by atoms with van der Waals surface area (Å²) in [6.07, 6.45) is 0. The van der Waals surface area contributed by atoms with Crippen molar-refractivity contribution >= 4 is 31.5 Å². The molecule has 0 unspecified atom stereocenters. The van der Waals surface area contributed by atoms with Gasteiger partial charge < -0.3 is 0 Å². The molecule has 0 aliphatic carbocycles. The fraction of sp³-hybridized carbons (Fsp3) is 0.368. The largest absolute Gasteiger partial charge is 0.135 e. The molecule has 20 heavy (non-hydrogen) atoms. The molecule has 0 aliphatic rings. The van der Waals surface area contributed by atoms with Crippen LogP contribution in [0.4, 0.5) is 0 Å². The summed E-state index contributed by atoms with van der Waals surface area (Å²) in [5.74, 6) is 0.569. The zero-order chi connectivity index (χ0) is 14.5. The summed E-state index contributed by atoms with van der Waals surface area (Å²) in [6, 6.07) is 13.5. The average molecular weight is 282 g/mol. The fourth-order valence-electron chi connectivity index (χ4n) is 2.93. The van der Waals surface area contributed by atoms with E-state index in [0.717, 1.165) is 0 Å². The zero-order valence-electron chi connectivity index (χ0n) is 12.9. The molecule has 0 bridgehead atoms. The number of fused-ring (bicyclic) bond motifs is 3. The van der Waals surface area contributed by atoms with Crippen LogP contribution in [0.15, 0.2) is 36.4 Å². The van der Waals surface area contributed by atoms with Crippen molar-refractivity contribution in [2.45, 2.75) is 46.0 Å². The van der Waals surface area contributed by atoms with Crippen molar-refractivity contribution in [3.8, 4) is 0 Å². The minimum atomic E-state index is 0.178. The van der Waals surface area contributed by atoms with Crippen LogP contribution in [0.25, 0.3) is 20.2 Å². The number of benzene rings is 2. The summed E-state index contributed by atoms with van der Waals surface area (Å²) < 4.78 is 2.88. The highest BCUT2D eigenvalue weighted by Crippen LogP contribution is 2.43. The summed E-state index contributed by atoms with van der Waals surface area (Å²) in [4.78, 5) is 0. The van der Waals surface area contributed by atoms with Crippen molar-refractivity contribution in [2.75, 3.05) is 0 Å². The third-order valence-electron chi connectivity index (χ3n) is 3.99. The molecule has 2 aromatic carbocycles. The van der Waals surface area contributed by atoms with Crippen LogP contribution in [0.1, 0.15) is 51.7 Å². The molecule has 0 saturated carbocycles. The molecule has 104 valence electrons. The monoisotopic (exact) mass is 282 g/mol. The summed E-state index contributed by atoms with van der Waals surface area (Å²) in [7, 11) is 0. The van der Waals surface area contributed by atoms with Gasteiger partial charge in [-0.2, -0.15) is 0 Å². The molecule has 1 heteroatoms. The quantitative estimate of drug-likeness (QED) is 0.479. The first-order chi connectivity index (χ1) is 9.39. The van der Waals surface area contributed by atoms with E-state index in [4.69, 9.17) is 0 Å². The highest BCUT2D eigenvalue weighted by atomic mass is 32.1. The Bertz CT molecular complexity index is 769. The van der Waals surface area contributed by atoms with Crippen LogP contribution in [0.5, 0.6) is 0 Å². The minimum Gasteiger partial charge on any atom is -0.135 e. The van der Waals surface area contributed by atoms with Gasteiger partial charge in [-0.15, -0.1) is 11.3 Å². The molecule has 0 aliphatic heterocycles. The maximum atomic E-state index is 2.34. The maximum absolute atomic E-state index is 2.34. The molecule has 0 radical (unpaired) electrons. The van der Waals surface area contributed by atoms with Gasteiger partial charge in [-0.3, -0.25) is 0 Å². The van der Waals surface area contributed by atoms with Crippen molar-refractivity contribution in [2.24, 2.45) is 0 Å². The van der Waals surface area contributed by atoms with Crippen molar-refractivity contribution in [1.82, 2.24) is 0 Å². The second kappa shape index (κ2) is 4.60. The molecule has 0 saturated heterocycles. The number of hydrogen-bond donors (Lipinski definition) is 0. The van der Waals surface area contributed by atoms with Crippen LogP contribution >= 0.6 is 11.3 Å². The number of thiophene rings is 1. The smallest absolute Gasteiger partial charge is 0.0393 e. The predicted octanol–water partition coefficient (Wildman–Crippen LogP) is 6.48. The van der Waals surface area contributed by atoms with Crippen LogP contribution < -0.4 is 0 Å². The lowest BCUT2D eigenvalue weighted by Gasteiger charge is -2.22. The molecule has 0 amide bonds. The van der Waals surface area contributed by atoms with Gasteiger partial charge in [0, 0.05) is 20.2 Å². The van der Waals surface area contributed by atoms with Gasteiger partial charge >= 0.3 is 0 Å². The van der Waals surface area contributed by atoms with Crippen LogP contribution in [0, 0.1) is 0 Å². The van der Waals surface area contributed by atoms with Gasteiger partial charge in [0.05, 0.1) is 0 Å². The van der Waals surface area contributed by atoms with Gasteiger partial charge in [0.2, 0.25) is 0 Å². The Balaban J connectivity index is 2.52. The van der Waals surface area contributed by atoms with E-state index >= 15 is 0 Å². The van der Waals surface area contributed by atoms with E-state index in [1.807, 2.05) is 11.3 Å². The molecular weight excluding hydrogens is 260 g/mol. The lowest BCUT2D eigenvalue weighted by Crippen LogP contribution is -2.11. The first-order valence-electron chi connectivity index (χ1n) is 7.34. The molecular formula is C19H22S. The highest BCUT2D eigenvalue weighted by molar-refractivity contribution is 7.26. The van der Waals surface area contributed by atoms with Crippen LogP contribution in [0.3, 0.4) is 0 Å². The lowest BCUT2D eigenvalue weighted by molar-refractivity contribution is 0.596. The third-order valence-corrected chi connectivity index (χ3v) is 5.21. The lowest BCUT2D eigenvalue weighted by atomic mass is 9.82. The Morgan fingerprint density at radius 1 is 0.950 bits per heavy atom. The number of hydrogen-bond acceptors (Lipinski definition) is 1. The Kier molecular flexibility index (Phi) is 3.13. The molecule has 0 atom stereocenters. The summed E-state index contributed by atoms with van der Waals surface area (Å²) in [5.41, 5.74) is 3.13. The van der Waals surface area contributed by atoms with E-state index in [0.29, 0.717) is 5.92 Å². The maximum Gasteiger partial charge on any atom is 0.0393 e. The predicted molar refractivity (Wildman–Crippen MR) is 92.1 cm³/mol. The van der Waals surface area contributed by atoms with Crippen LogP contribution in [-0.2, 0) is 5.41 Å². The first-order valence-corrected chi connectivity index (χ1v) is 8.16. The minimum absolute atomic E-state index is 0.178. The molecule has 1 heterocycles. The Morgan fingerprint density at radius 3 is 2.30 bits per heavy atom. The van der Waals surface area contributed by atoms with Crippen LogP contribution in [-0.4, -0.2) is 0 Å². The van der Waals surface area contributed by atoms with Gasteiger partial charge in [0.15, 0.2) is 0 Å². The number of rotatable bonds is 1. The Hall–Kier alpha value is -1.34. The van der Waals surface area contributed by atoms with Crippen molar-refractivity contribution in [3.05, 3.63) is 47.5 Å². The van der Waals surface area contributed by atoms with E-state index in [1.54, 1.807) is 0 Å². The summed E-state index contributed by atoms with van der Waals surface area (Å²) in [5, 5.41) is 2.89. The summed E-state index contributed by atoms with van der Waals surface area (Å²) in [6.45, 7) is 11.5. The molecule has 3 aromatic rings. The summed E-state index contributed by atoms with van der Waals surface area (Å²) >= 11 is 1.95. The zero-order valence-corrected chi connectivity index (χ0v) is 13.8. The molecule has 0 spiro atoms. The molecule has 1 aromatic heterocycles. The van der Waals surface area contributed by atoms with Gasteiger partial charge in [-0.1, -0.05) is 65.0 Å². The van der Waals surface area contributed by atoms with Crippen molar-refractivity contribution < 1.29 is 0 Å². The SMILES string of the molecule is CC(C)c1ccc(C(C)(C)C)c2c1sc1ccccc12. The Morgan fingerprint density at radius 2 is 1.65 bits per heavy atom. The first kappa shape index (κ1) is 13.6.